The zero-order chi connectivity index (χ0) is 7.28. The fourth-order valence-electron chi connectivity index (χ4n) is 0.344. The van der Waals surface area contributed by atoms with E-state index in [1.165, 1.54) is 0 Å². The van der Waals surface area contributed by atoms with Gasteiger partial charge in [-0.15, -0.1) is 0 Å². The van der Waals surface area contributed by atoms with Crippen LogP contribution in [0.5, 0.6) is 0 Å². The van der Waals surface area contributed by atoms with Crippen LogP contribution in [0.3, 0.4) is 0 Å². The predicted octanol–water partition coefficient (Wildman–Crippen LogP) is 1.37. The summed E-state index contributed by atoms with van der Waals surface area (Å²) in [6.07, 6.45) is 1.88. The number of nitrogens with zero attached hydrogens (tertiary/aromatic N) is 2. The van der Waals surface area contributed by atoms with Gasteiger partial charge < -0.3 is 4.90 Å². The van der Waals surface area contributed by atoms with Gasteiger partial charge in [-0.05, 0) is 20.8 Å². The van der Waals surface area contributed by atoms with Crippen LogP contribution < -0.4 is 0 Å². The molecule has 0 unspecified atom stereocenters. The Kier molecular flexibility index (Phi) is 4.10. The van der Waals surface area contributed by atoms with Gasteiger partial charge >= 0.3 is 0 Å². The van der Waals surface area contributed by atoms with Crippen LogP contribution in [0, 0.1) is 0 Å². The Morgan fingerprint density at radius 1 is 1.56 bits per heavy atom. The van der Waals surface area contributed by atoms with Gasteiger partial charge in [-0.25, -0.2) is 0 Å². The van der Waals surface area contributed by atoms with Gasteiger partial charge in [0.25, 0.3) is 0 Å². The minimum absolute atomic E-state index is 0.556. The maximum absolute atomic E-state index is 4.09. The smallest absolute Gasteiger partial charge is 0.0849 e. The monoisotopic (exact) mass is 128 g/mol. The normalized spacial score (nSPS) is 11.2. The van der Waals surface area contributed by atoms with Crippen LogP contribution in [0.15, 0.2) is 4.99 Å². The molecule has 9 heavy (non-hydrogen) atoms. The number of hydrogen-bond donors (Lipinski definition) is 0. The third-order valence-corrected chi connectivity index (χ3v) is 1.26. The third kappa shape index (κ3) is 4.01. The minimum Gasteiger partial charge on any atom is -0.364 e. The van der Waals surface area contributed by atoms with Crippen molar-refractivity contribution in [3.8, 4) is 0 Å². The summed E-state index contributed by atoms with van der Waals surface area (Å²) in [5.74, 6) is 0. The van der Waals surface area contributed by atoms with E-state index in [1.807, 2.05) is 20.3 Å². The average molecular weight is 128 g/mol. The third-order valence-electron chi connectivity index (χ3n) is 1.26. The van der Waals surface area contributed by atoms with Crippen molar-refractivity contribution in [2.24, 2.45) is 4.99 Å². The van der Waals surface area contributed by atoms with E-state index in [9.17, 15) is 0 Å². The maximum atomic E-state index is 4.09. The van der Waals surface area contributed by atoms with Gasteiger partial charge in [-0.2, -0.15) is 0 Å². The van der Waals surface area contributed by atoms with Crippen molar-refractivity contribution in [1.29, 1.82) is 0 Å². The molecule has 0 amide bonds. The standard InChI is InChI=1S/C7H16N2/c1-5-8-6-9(4)7(2)3/h6-7H,5H2,1-4H3. The lowest BCUT2D eigenvalue weighted by atomic mass is 10.4. The van der Waals surface area contributed by atoms with E-state index in [0.29, 0.717) is 6.04 Å². The van der Waals surface area contributed by atoms with E-state index >= 15 is 0 Å². The van der Waals surface area contributed by atoms with Gasteiger partial charge in [-0.3, -0.25) is 4.99 Å². The summed E-state index contributed by atoms with van der Waals surface area (Å²) < 4.78 is 0. The lowest BCUT2D eigenvalue weighted by Gasteiger charge is -2.16. The molecule has 0 saturated heterocycles. The molecule has 0 bridgehead atoms. The van der Waals surface area contributed by atoms with Crippen LogP contribution >= 0.6 is 0 Å². The Hall–Kier alpha value is -0.530. The summed E-state index contributed by atoms with van der Waals surface area (Å²) in [5, 5.41) is 0. The second-order valence-electron chi connectivity index (χ2n) is 2.37. The lowest BCUT2D eigenvalue weighted by molar-refractivity contribution is 0.428. The zero-order valence-electron chi connectivity index (χ0n) is 6.76. The van der Waals surface area contributed by atoms with Gasteiger partial charge in [0.15, 0.2) is 0 Å². The first-order chi connectivity index (χ1) is 4.18. The summed E-state index contributed by atoms with van der Waals surface area (Å²) >= 11 is 0. The molecule has 0 spiro atoms. The maximum Gasteiger partial charge on any atom is 0.0849 e. The Labute approximate surface area is 57.6 Å². The van der Waals surface area contributed by atoms with Crippen molar-refractivity contribution in [2.75, 3.05) is 13.6 Å². The highest BCUT2D eigenvalue weighted by Crippen LogP contribution is 1.87. The van der Waals surface area contributed by atoms with Crippen LogP contribution in [0.4, 0.5) is 0 Å². The first-order valence-corrected chi connectivity index (χ1v) is 3.40. The van der Waals surface area contributed by atoms with Gasteiger partial charge in [0.05, 0.1) is 6.34 Å². The number of aliphatic imine (C=N–C) groups is 1. The molecule has 0 aliphatic carbocycles. The highest BCUT2D eigenvalue weighted by Gasteiger charge is 1.94. The number of rotatable bonds is 3. The second kappa shape index (κ2) is 4.36. The Morgan fingerprint density at radius 3 is 2.44 bits per heavy atom. The fourth-order valence-corrected chi connectivity index (χ4v) is 0.344. The highest BCUT2D eigenvalue weighted by atomic mass is 15.1. The molecule has 0 atom stereocenters. The summed E-state index contributed by atoms with van der Waals surface area (Å²) in [6.45, 7) is 7.19. The molecular weight excluding hydrogens is 112 g/mol. The van der Waals surface area contributed by atoms with Crippen molar-refractivity contribution >= 4 is 6.34 Å². The molecule has 0 radical (unpaired) electrons. The first-order valence-electron chi connectivity index (χ1n) is 3.40. The van der Waals surface area contributed by atoms with E-state index in [2.05, 4.69) is 23.7 Å². The van der Waals surface area contributed by atoms with Crippen molar-refractivity contribution in [3.63, 3.8) is 0 Å². The Bertz CT molecular complexity index is 86.9. The molecule has 0 fully saturated rings. The Morgan fingerprint density at radius 2 is 2.11 bits per heavy atom. The summed E-state index contributed by atoms with van der Waals surface area (Å²) in [6, 6.07) is 0.556. The first kappa shape index (κ1) is 8.47. The molecule has 0 aromatic carbocycles. The molecule has 0 saturated carbocycles. The van der Waals surface area contributed by atoms with Crippen molar-refractivity contribution < 1.29 is 0 Å². The molecule has 2 nitrogen and oxygen atoms in total. The molecule has 0 heterocycles. The SMILES string of the molecule is CCN=CN(C)C(C)C. The van der Waals surface area contributed by atoms with Gasteiger partial charge in [0.1, 0.15) is 0 Å². The minimum atomic E-state index is 0.556. The van der Waals surface area contributed by atoms with Crippen LogP contribution in [-0.2, 0) is 0 Å². The van der Waals surface area contributed by atoms with Crippen molar-refractivity contribution in [3.05, 3.63) is 0 Å². The zero-order valence-corrected chi connectivity index (χ0v) is 6.76. The quantitative estimate of drug-likeness (QED) is 0.414. The highest BCUT2D eigenvalue weighted by molar-refractivity contribution is 5.54. The van der Waals surface area contributed by atoms with Crippen LogP contribution in [0.2, 0.25) is 0 Å². The van der Waals surface area contributed by atoms with Gasteiger partial charge in [0, 0.05) is 19.6 Å². The predicted molar refractivity (Wildman–Crippen MR) is 41.9 cm³/mol. The van der Waals surface area contributed by atoms with Crippen molar-refractivity contribution in [1.82, 2.24) is 4.90 Å². The van der Waals surface area contributed by atoms with Crippen molar-refractivity contribution in [2.45, 2.75) is 26.8 Å². The number of hydrogen-bond acceptors (Lipinski definition) is 1. The van der Waals surface area contributed by atoms with Crippen LogP contribution in [0.1, 0.15) is 20.8 Å². The molecule has 0 aromatic heterocycles. The van der Waals surface area contributed by atoms with E-state index in [1.54, 1.807) is 0 Å². The second-order valence-corrected chi connectivity index (χ2v) is 2.37. The molecular formula is C7H16N2. The van der Waals surface area contributed by atoms with Crippen LogP contribution in [0.25, 0.3) is 0 Å². The Balaban J connectivity index is 3.48. The molecule has 0 N–H and O–H groups in total. The van der Waals surface area contributed by atoms with Gasteiger partial charge in [0.2, 0.25) is 0 Å². The largest absolute Gasteiger partial charge is 0.364 e. The molecule has 0 aromatic rings. The average Bonchev–Trinajstić information content (AvgIpc) is 1.82. The summed E-state index contributed by atoms with van der Waals surface area (Å²) in [5.41, 5.74) is 0. The topological polar surface area (TPSA) is 15.6 Å². The molecule has 0 rings (SSSR count). The summed E-state index contributed by atoms with van der Waals surface area (Å²) in [7, 11) is 2.03. The summed E-state index contributed by atoms with van der Waals surface area (Å²) in [4.78, 5) is 6.18. The van der Waals surface area contributed by atoms with E-state index in [4.69, 9.17) is 0 Å². The van der Waals surface area contributed by atoms with Gasteiger partial charge in [-0.1, -0.05) is 0 Å². The molecule has 0 aliphatic heterocycles. The van der Waals surface area contributed by atoms with E-state index < -0.39 is 0 Å². The fraction of sp³-hybridized carbons (Fsp3) is 0.857. The molecule has 2 heteroatoms. The lowest BCUT2D eigenvalue weighted by Crippen LogP contribution is -2.24. The van der Waals surface area contributed by atoms with Crippen LogP contribution in [-0.4, -0.2) is 30.9 Å². The van der Waals surface area contributed by atoms with E-state index in [0.717, 1.165) is 6.54 Å². The molecule has 54 valence electrons. The molecule has 0 aliphatic rings. The van der Waals surface area contributed by atoms with E-state index in [-0.39, 0.29) is 0 Å².